The number of carbonyl (C=O) groups excluding carboxylic acids is 1. The van der Waals surface area contributed by atoms with Crippen molar-refractivity contribution in [3.63, 3.8) is 0 Å². The maximum atomic E-state index is 10.7. The summed E-state index contributed by atoms with van der Waals surface area (Å²) in [7, 11) is 3.30. The molecule has 1 rings (SSSR count). The molecule has 0 saturated carbocycles. The van der Waals surface area contributed by atoms with Crippen molar-refractivity contribution in [3.05, 3.63) is 35.4 Å². The zero-order valence-corrected chi connectivity index (χ0v) is 12.6. The molecular formula is C16H22O4. The van der Waals surface area contributed by atoms with Gasteiger partial charge in [-0.1, -0.05) is 17.7 Å². The minimum Gasteiger partial charge on any atom is -0.496 e. The molecule has 110 valence electrons. The van der Waals surface area contributed by atoms with Crippen LogP contribution < -0.4 is 9.47 Å². The molecule has 0 saturated heterocycles. The average Bonchev–Trinajstić information content (AvgIpc) is 2.44. The summed E-state index contributed by atoms with van der Waals surface area (Å²) in [6.45, 7) is 3.85. The van der Waals surface area contributed by atoms with Crippen LogP contribution in [0, 0.1) is 0 Å². The maximum absolute atomic E-state index is 10.7. The number of ether oxygens (including phenoxy) is 3. The van der Waals surface area contributed by atoms with E-state index < -0.39 is 0 Å². The largest absolute Gasteiger partial charge is 0.496 e. The highest BCUT2D eigenvalue weighted by atomic mass is 16.5. The van der Waals surface area contributed by atoms with Crippen molar-refractivity contribution in [1.29, 1.82) is 0 Å². The Labute approximate surface area is 120 Å². The van der Waals surface area contributed by atoms with Gasteiger partial charge in [0.15, 0.2) is 0 Å². The molecule has 20 heavy (non-hydrogen) atoms. The van der Waals surface area contributed by atoms with E-state index in [0.29, 0.717) is 6.61 Å². The zero-order valence-electron chi connectivity index (χ0n) is 12.6. The Morgan fingerprint density at radius 2 is 1.75 bits per heavy atom. The topological polar surface area (TPSA) is 44.8 Å². The summed E-state index contributed by atoms with van der Waals surface area (Å²) in [5.74, 6) is 1.38. The third-order valence-corrected chi connectivity index (χ3v) is 2.99. The van der Waals surface area contributed by atoms with E-state index in [1.807, 2.05) is 25.1 Å². The van der Waals surface area contributed by atoms with E-state index in [9.17, 15) is 4.79 Å². The average molecular weight is 278 g/mol. The van der Waals surface area contributed by atoms with Gasteiger partial charge in [0.05, 0.1) is 20.8 Å². The molecule has 0 fully saturated rings. The van der Waals surface area contributed by atoms with Crippen LogP contribution in [0.3, 0.4) is 0 Å². The number of rotatable bonds is 7. The van der Waals surface area contributed by atoms with Crippen LogP contribution in [0.1, 0.15) is 25.8 Å². The van der Waals surface area contributed by atoms with Crippen molar-refractivity contribution >= 4 is 5.97 Å². The number of hydrogen-bond acceptors (Lipinski definition) is 4. The van der Waals surface area contributed by atoms with Crippen molar-refractivity contribution in [2.75, 3.05) is 20.8 Å². The van der Waals surface area contributed by atoms with Gasteiger partial charge in [0.25, 0.3) is 0 Å². The number of carbonyl (C=O) groups is 1. The van der Waals surface area contributed by atoms with E-state index in [0.717, 1.165) is 29.9 Å². The Kier molecular flexibility index (Phi) is 6.64. The van der Waals surface area contributed by atoms with Gasteiger partial charge in [-0.25, -0.2) is 0 Å². The molecule has 0 atom stereocenters. The first-order valence-corrected chi connectivity index (χ1v) is 6.57. The summed E-state index contributed by atoms with van der Waals surface area (Å²) in [5, 5.41) is 0. The second-order valence-corrected chi connectivity index (χ2v) is 4.49. The second-order valence-electron chi connectivity index (χ2n) is 4.49. The highest BCUT2D eigenvalue weighted by molar-refractivity contribution is 5.65. The molecular weight excluding hydrogens is 256 g/mol. The molecule has 0 aliphatic heterocycles. The Balaban J connectivity index is 2.70. The van der Waals surface area contributed by atoms with Crippen molar-refractivity contribution in [2.45, 2.75) is 26.7 Å². The predicted octanol–water partition coefficient (Wildman–Crippen LogP) is 3.15. The SMILES string of the molecule is COc1cccc(OC)c1C/C=C(\C)CCOC(C)=O. The smallest absolute Gasteiger partial charge is 0.302 e. The summed E-state index contributed by atoms with van der Waals surface area (Å²) in [5.41, 5.74) is 2.18. The molecule has 0 spiro atoms. The van der Waals surface area contributed by atoms with Crippen molar-refractivity contribution < 1.29 is 19.0 Å². The van der Waals surface area contributed by atoms with E-state index in [4.69, 9.17) is 14.2 Å². The van der Waals surface area contributed by atoms with Crippen molar-refractivity contribution in [1.82, 2.24) is 0 Å². The van der Waals surface area contributed by atoms with Crippen LogP contribution in [-0.2, 0) is 16.0 Å². The highest BCUT2D eigenvalue weighted by Gasteiger charge is 2.08. The quantitative estimate of drug-likeness (QED) is 0.568. The van der Waals surface area contributed by atoms with Crippen LogP contribution in [0.15, 0.2) is 29.8 Å². The first-order valence-electron chi connectivity index (χ1n) is 6.57. The highest BCUT2D eigenvalue weighted by Crippen LogP contribution is 2.29. The fourth-order valence-corrected chi connectivity index (χ4v) is 1.86. The summed E-state index contributed by atoms with van der Waals surface area (Å²) in [4.78, 5) is 10.7. The Morgan fingerprint density at radius 3 is 2.25 bits per heavy atom. The lowest BCUT2D eigenvalue weighted by Gasteiger charge is -2.11. The lowest BCUT2D eigenvalue weighted by molar-refractivity contribution is -0.140. The number of methoxy groups -OCH3 is 2. The Morgan fingerprint density at radius 1 is 1.15 bits per heavy atom. The third kappa shape index (κ3) is 4.96. The molecule has 4 nitrogen and oxygen atoms in total. The normalized spacial score (nSPS) is 11.1. The fraction of sp³-hybridized carbons (Fsp3) is 0.438. The van der Waals surface area contributed by atoms with E-state index in [-0.39, 0.29) is 5.97 Å². The van der Waals surface area contributed by atoms with E-state index in [1.54, 1.807) is 14.2 Å². The molecule has 1 aromatic rings. The molecule has 0 heterocycles. The molecule has 0 N–H and O–H groups in total. The molecule has 0 bridgehead atoms. The van der Waals surface area contributed by atoms with Crippen LogP contribution >= 0.6 is 0 Å². The molecule has 0 unspecified atom stereocenters. The minimum atomic E-state index is -0.246. The number of allylic oxidation sites excluding steroid dienone is 1. The maximum Gasteiger partial charge on any atom is 0.302 e. The lowest BCUT2D eigenvalue weighted by atomic mass is 10.1. The van der Waals surface area contributed by atoms with Gasteiger partial charge in [-0.05, 0) is 25.5 Å². The first kappa shape index (κ1) is 16.1. The minimum absolute atomic E-state index is 0.246. The van der Waals surface area contributed by atoms with Crippen molar-refractivity contribution in [2.24, 2.45) is 0 Å². The van der Waals surface area contributed by atoms with E-state index in [1.165, 1.54) is 12.5 Å². The van der Waals surface area contributed by atoms with Crippen LogP contribution in [0.5, 0.6) is 11.5 Å². The number of hydrogen-bond donors (Lipinski definition) is 0. The fourth-order valence-electron chi connectivity index (χ4n) is 1.86. The Hall–Kier alpha value is -1.97. The number of benzene rings is 1. The van der Waals surface area contributed by atoms with Crippen molar-refractivity contribution in [3.8, 4) is 11.5 Å². The van der Waals surface area contributed by atoms with Crippen LogP contribution in [-0.4, -0.2) is 26.8 Å². The van der Waals surface area contributed by atoms with Gasteiger partial charge in [-0.15, -0.1) is 0 Å². The standard InChI is InChI=1S/C16H22O4/c1-12(10-11-20-13(2)17)8-9-14-15(18-3)6-5-7-16(14)19-4/h5-8H,9-11H2,1-4H3/b12-8+. The van der Waals surface area contributed by atoms with Gasteiger partial charge in [0.2, 0.25) is 0 Å². The number of esters is 1. The van der Waals surface area contributed by atoms with Gasteiger partial charge in [0.1, 0.15) is 11.5 Å². The molecule has 0 aliphatic carbocycles. The predicted molar refractivity (Wildman–Crippen MR) is 78.3 cm³/mol. The monoisotopic (exact) mass is 278 g/mol. The molecule has 1 aromatic carbocycles. The summed E-state index contributed by atoms with van der Waals surface area (Å²) < 4.78 is 15.6. The van der Waals surface area contributed by atoms with E-state index in [2.05, 4.69) is 6.08 Å². The molecule has 0 aliphatic rings. The third-order valence-electron chi connectivity index (χ3n) is 2.99. The molecule has 0 radical (unpaired) electrons. The van der Waals surface area contributed by atoms with Crippen LogP contribution in [0.2, 0.25) is 0 Å². The lowest BCUT2D eigenvalue weighted by Crippen LogP contribution is -2.01. The van der Waals surface area contributed by atoms with Gasteiger partial charge < -0.3 is 14.2 Å². The van der Waals surface area contributed by atoms with Crippen LogP contribution in [0.4, 0.5) is 0 Å². The van der Waals surface area contributed by atoms with E-state index >= 15 is 0 Å². The van der Waals surface area contributed by atoms with Gasteiger partial charge in [0, 0.05) is 18.9 Å². The summed E-state index contributed by atoms with van der Waals surface area (Å²) >= 11 is 0. The molecule has 0 aromatic heterocycles. The van der Waals surface area contributed by atoms with Gasteiger partial charge in [-0.3, -0.25) is 4.79 Å². The summed E-state index contributed by atoms with van der Waals surface area (Å²) in [6.07, 6.45) is 3.56. The zero-order chi connectivity index (χ0) is 15.0. The summed E-state index contributed by atoms with van der Waals surface area (Å²) in [6, 6.07) is 5.73. The Bertz CT molecular complexity index is 455. The van der Waals surface area contributed by atoms with Gasteiger partial charge >= 0.3 is 5.97 Å². The van der Waals surface area contributed by atoms with Crippen LogP contribution in [0.25, 0.3) is 0 Å². The van der Waals surface area contributed by atoms with Gasteiger partial charge in [-0.2, -0.15) is 0 Å². The molecule has 4 heteroatoms. The first-order chi connectivity index (χ1) is 9.58. The molecule has 0 amide bonds. The second kappa shape index (κ2) is 8.25.